The van der Waals surface area contributed by atoms with E-state index in [-0.39, 0.29) is 12.3 Å². The van der Waals surface area contributed by atoms with E-state index in [4.69, 9.17) is 11.6 Å². The zero-order valence-corrected chi connectivity index (χ0v) is 11.0. The first-order chi connectivity index (χ1) is 9.46. The Morgan fingerprint density at radius 2 is 1.65 bits per heavy atom. The van der Waals surface area contributed by atoms with Crippen molar-refractivity contribution < 1.29 is 17.9 Å². The first-order valence-electron chi connectivity index (χ1n) is 5.78. The summed E-state index contributed by atoms with van der Waals surface area (Å²) in [5, 5.41) is 3.48. The van der Waals surface area contributed by atoms with E-state index in [1.807, 2.05) is 0 Å². The molecule has 0 saturated carbocycles. The van der Waals surface area contributed by atoms with E-state index in [1.54, 1.807) is 36.4 Å². The van der Waals surface area contributed by atoms with Crippen LogP contribution in [0.25, 0.3) is 0 Å². The molecule has 0 radical (unpaired) electrons. The topological polar surface area (TPSA) is 21.3 Å². The smallest absolute Gasteiger partial charge is 0.405 e. The number of hydrogen-bond donors (Lipinski definition) is 1. The van der Waals surface area contributed by atoms with Crippen molar-refractivity contribution in [2.24, 2.45) is 0 Å². The van der Waals surface area contributed by atoms with E-state index in [0.717, 1.165) is 0 Å². The minimum atomic E-state index is -4.71. The number of hydrogen-bond acceptors (Lipinski definition) is 2. The van der Waals surface area contributed by atoms with E-state index in [2.05, 4.69) is 10.1 Å². The number of ether oxygens (including phenoxy) is 1. The first kappa shape index (κ1) is 14.5. The molecule has 0 aliphatic rings. The van der Waals surface area contributed by atoms with Gasteiger partial charge in [-0.05, 0) is 18.2 Å². The summed E-state index contributed by atoms with van der Waals surface area (Å²) in [4.78, 5) is 0. The summed E-state index contributed by atoms with van der Waals surface area (Å²) in [6, 6.07) is 13.0. The minimum absolute atomic E-state index is 0.177. The van der Waals surface area contributed by atoms with Crippen molar-refractivity contribution in [3.05, 3.63) is 59.1 Å². The molecule has 2 aromatic carbocycles. The largest absolute Gasteiger partial charge is 0.573 e. The Hall–Kier alpha value is -1.88. The molecule has 0 fully saturated rings. The van der Waals surface area contributed by atoms with Gasteiger partial charge in [0.25, 0.3) is 0 Å². The minimum Gasteiger partial charge on any atom is -0.405 e. The average Bonchev–Trinajstić information content (AvgIpc) is 2.37. The van der Waals surface area contributed by atoms with E-state index in [9.17, 15) is 13.2 Å². The predicted molar refractivity (Wildman–Crippen MR) is 71.9 cm³/mol. The van der Waals surface area contributed by atoms with Crippen molar-refractivity contribution in [3.8, 4) is 5.75 Å². The van der Waals surface area contributed by atoms with E-state index < -0.39 is 6.36 Å². The summed E-state index contributed by atoms with van der Waals surface area (Å²) in [5.41, 5.74) is 1.04. The Labute approximate surface area is 119 Å². The van der Waals surface area contributed by atoms with Gasteiger partial charge in [-0.15, -0.1) is 13.2 Å². The summed E-state index contributed by atoms with van der Waals surface area (Å²) in [5.74, 6) is -0.223. The Morgan fingerprint density at radius 3 is 2.35 bits per heavy atom. The molecule has 20 heavy (non-hydrogen) atoms. The van der Waals surface area contributed by atoms with Gasteiger partial charge in [0, 0.05) is 12.1 Å². The van der Waals surface area contributed by atoms with Crippen LogP contribution in [0.2, 0.25) is 5.02 Å². The Bertz CT molecular complexity index is 587. The molecule has 0 amide bonds. The molecule has 6 heteroatoms. The number of nitrogens with one attached hydrogen (secondary N) is 1. The van der Waals surface area contributed by atoms with Gasteiger partial charge in [0.1, 0.15) is 5.75 Å². The van der Waals surface area contributed by atoms with Crippen molar-refractivity contribution in [2.45, 2.75) is 12.9 Å². The molecule has 2 nitrogen and oxygen atoms in total. The molecule has 0 saturated heterocycles. The lowest BCUT2D eigenvalue weighted by Gasteiger charge is -2.14. The lowest BCUT2D eigenvalue weighted by molar-refractivity contribution is -0.274. The Balaban J connectivity index is 2.12. The zero-order valence-electron chi connectivity index (χ0n) is 10.2. The van der Waals surface area contributed by atoms with Gasteiger partial charge < -0.3 is 10.1 Å². The molecule has 1 N–H and O–H groups in total. The lowest BCUT2D eigenvalue weighted by atomic mass is 10.2. The van der Waals surface area contributed by atoms with E-state index in [1.165, 1.54) is 12.1 Å². The molecule has 2 rings (SSSR count). The van der Waals surface area contributed by atoms with E-state index >= 15 is 0 Å². The molecule has 106 valence electrons. The molecule has 0 heterocycles. The standard InChI is InChI=1S/C14H11ClF3NO/c15-11-6-2-3-7-12(11)19-9-10-5-1-4-8-13(10)20-14(16,17)18/h1-8,19H,9H2. The third-order valence-corrected chi connectivity index (χ3v) is 2.87. The number of alkyl halides is 3. The van der Waals surface area contributed by atoms with Gasteiger partial charge in [0.15, 0.2) is 0 Å². The maximum atomic E-state index is 12.3. The van der Waals surface area contributed by atoms with Crippen molar-refractivity contribution in [1.29, 1.82) is 0 Å². The van der Waals surface area contributed by atoms with Crippen LogP contribution < -0.4 is 10.1 Å². The van der Waals surface area contributed by atoms with Crippen LogP contribution in [0.1, 0.15) is 5.56 Å². The third-order valence-electron chi connectivity index (χ3n) is 2.54. The van der Waals surface area contributed by atoms with Crippen LogP contribution in [0.4, 0.5) is 18.9 Å². The number of halogens is 4. The maximum Gasteiger partial charge on any atom is 0.573 e. The number of rotatable bonds is 4. The average molecular weight is 302 g/mol. The normalized spacial score (nSPS) is 11.2. The predicted octanol–water partition coefficient (Wildman–Crippen LogP) is 4.85. The second kappa shape index (κ2) is 6.05. The Kier molecular flexibility index (Phi) is 4.39. The highest BCUT2D eigenvalue weighted by Gasteiger charge is 2.31. The fourth-order valence-electron chi connectivity index (χ4n) is 1.67. The van der Waals surface area contributed by atoms with Crippen LogP contribution in [-0.2, 0) is 6.54 Å². The SMILES string of the molecule is FC(F)(F)Oc1ccccc1CNc1ccccc1Cl. The van der Waals surface area contributed by atoms with Crippen LogP contribution in [0, 0.1) is 0 Å². The van der Waals surface area contributed by atoms with Crippen molar-refractivity contribution in [1.82, 2.24) is 0 Å². The molecule has 0 unspecified atom stereocenters. The number of para-hydroxylation sites is 2. The molecule has 0 bridgehead atoms. The second-order valence-electron chi connectivity index (χ2n) is 3.99. The Morgan fingerprint density at radius 1 is 1.00 bits per heavy atom. The molecule has 0 aliphatic heterocycles. The maximum absolute atomic E-state index is 12.3. The molecule has 0 spiro atoms. The third kappa shape index (κ3) is 4.06. The van der Waals surface area contributed by atoms with Crippen LogP contribution in [-0.4, -0.2) is 6.36 Å². The van der Waals surface area contributed by atoms with Gasteiger partial charge in [-0.3, -0.25) is 0 Å². The quantitative estimate of drug-likeness (QED) is 0.871. The molecular formula is C14H11ClF3NO. The summed E-state index contributed by atoms with van der Waals surface area (Å²) >= 11 is 5.96. The number of benzene rings is 2. The zero-order chi connectivity index (χ0) is 14.6. The molecule has 0 aromatic heterocycles. The van der Waals surface area contributed by atoms with E-state index in [0.29, 0.717) is 16.3 Å². The van der Waals surface area contributed by atoms with Gasteiger partial charge in [0.05, 0.1) is 10.7 Å². The van der Waals surface area contributed by atoms with Gasteiger partial charge in [0.2, 0.25) is 0 Å². The van der Waals surface area contributed by atoms with Gasteiger partial charge >= 0.3 is 6.36 Å². The van der Waals surface area contributed by atoms with Crippen LogP contribution in [0.15, 0.2) is 48.5 Å². The van der Waals surface area contributed by atoms with Gasteiger partial charge in [-0.1, -0.05) is 41.9 Å². The van der Waals surface area contributed by atoms with Crippen molar-refractivity contribution in [2.75, 3.05) is 5.32 Å². The van der Waals surface area contributed by atoms with Crippen molar-refractivity contribution >= 4 is 17.3 Å². The summed E-state index contributed by atoms with van der Waals surface area (Å²) in [7, 11) is 0. The summed E-state index contributed by atoms with van der Waals surface area (Å²) < 4.78 is 40.8. The summed E-state index contributed by atoms with van der Waals surface area (Å²) in [6.07, 6.45) is -4.71. The van der Waals surface area contributed by atoms with Gasteiger partial charge in [-0.2, -0.15) is 0 Å². The fraction of sp³-hybridized carbons (Fsp3) is 0.143. The number of anilines is 1. The highest BCUT2D eigenvalue weighted by atomic mass is 35.5. The highest BCUT2D eigenvalue weighted by Crippen LogP contribution is 2.28. The van der Waals surface area contributed by atoms with Gasteiger partial charge in [-0.25, -0.2) is 0 Å². The molecule has 0 aliphatic carbocycles. The van der Waals surface area contributed by atoms with Crippen molar-refractivity contribution in [3.63, 3.8) is 0 Å². The summed E-state index contributed by atoms with van der Waals surface area (Å²) in [6.45, 7) is 0.177. The monoisotopic (exact) mass is 301 g/mol. The first-order valence-corrected chi connectivity index (χ1v) is 6.15. The molecule has 0 atom stereocenters. The molecular weight excluding hydrogens is 291 g/mol. The second-order valence-corrected chi connectivity index (χ2v) is 4.40. The van der Waals surface area contributed by atoms with Crippen LogP contribution in [0.3, 0.4) is 0 Å². The van der Waals surface area contributed by atoms with Crippen LogP contribution >= 0.6 is 11.6 Å². The molecule has 2 aromatic rings. The fourth-order valence-corrected chi connectivity index (χ4v) is 1.87. The van der Waals surface area contributed by atoms with Crippen LogP contribution in [0.5, 0.6) is 5.75 Å². The lowest BCUT2D eigenvalue weighted by Crippen LogP contribution is -2.18. The highest BCUT2D eigenvalue weighted by molar-refractivity contribution is 6.33.